The molecular formula is C13H16ClF2NO2. The maximum atomic E-state index is 12.1. The van der Waals surface area contributed by atoms with Gasteiger partial charge in [0.15, 0.2) is 0 Å². The number of ether oxygens (including phenoxy) is 1. The Morgan fingerprint density at radius 1 is 1.32 bits per heavy atom. The first-order valence-electron chi connectivity index (χ1n) is 5.98. The Bertz CT molecular complexity index is 392. The number of alkyl halides is 3. The molecule has 6 heteroatoms. The molecule has 106 valence electrons. The maximum absolute atomic E-state index is 12.1. The number of amides is 1. The van der Waals surface area contributed by atoms with Gasteiger partial charge in [0.25, 0.3) is 5.91 Å². The fourth-order valence-corrected chi connectivity index (χ4v) is 1.85. The van der Waals surface area contributed by atoms with E-state index >= 15 is 0 Å². The molecule has 1 rings (SSSR count). The lowest BCUT2D eigenvalue weighted by Gasteiger charge is -2.21. The number of nitrogens with zero attached hydrogens (tertiary/aromatic N) is 1. The molecule has 0 heterocycles. The minimum atomic E-state index is -2.87. The molecule has 0 bridgehead atoms. The molecule has 3 nitrogen and oxygen atoms in total. The van der Waals surface area contributed by atoms with Crippen molar-refractivity contribution >= 4 is 17.5 Å². The molecule has 1 amide bonds. The van der Waals surface area contributed by atoms with Crippen LogP contribution in [0.5, 0.6) is 5.75 Å². The van der Waals surface area contributed by atoms with Crippen molar-refractivity contribution < 1.29 is 18.3 Å². The monoisotopic (exact) mass is 291 g/mol. The number of hydrogen-bond acceptors (Lipinski definition) is 2. The van der Waals surface area contributed by atoms with E-state index in [1.54, 1.807) is 4.90 Å². The number of halogens is 3. The van der Waals surface area contributed by atoms with Crippen LogP contribution in [0.4, 0.5) is 8.78 Å². The maximum Gasteiger partial charge on any atom is 0.387 e. The van der Waals surface area contributed by atoms with Crippen LogP contribution >= 0.6 is 11.6 Å². The quantitative estimate of drug-likeness (QED) is 0.721. The summed E-state index contributed by atoms with van der Waals surface area (Å²) in [6, 6.07) is 5.64. The summed E-state index contributed by atoms with van der Waals surface area (Å²) in [5.41, 5.74) is 0.431. The minimum absolute atomic E-state index is 0.0333. The van der Waals surface area contributed by atoms with Gasteiger partial charge in [0.1, 0.15) is 5.75 Å². The standard InChI is InChI=1S/C13H16ClF2NO2/c1-2-8-17(9-7-14)12(18)10-3-5-11(6-4-10)19-13(15)16/h3-6,13H,2,7-9H2,1H3. The molecule has 0 saturated heterocycles. The van der Waals surface area contributed by atoms with Crippen LogP contribution in [0.25, 0.3) is 0 Å². The van der Waals surface area contributed by atoms with E-state index in [1.807, 2.05) is 6.92 Å². The van der Waals surface area contributed by atoms with Crippen molar-refractivity contribution in [2.75, 3.05) is 19.0 Å². The zero-order valence-electron chi connectivity index (χ0n) is 10.6. The number of rotatable bonds is 7. The fraction of sp³-hybridized carbons (Fsp3) is 0.462. The molecule has 0 atom stereocenters. The SMILES string of the molecule is CCCN(CCCl)C(=O)c1ccc(OC(F)F)cc1. The van der Waals surface area contributed by atoms with E-state index < -0.39 is 6.61 Å². The van der Waals surface area contributed by atoms with Crippen molar-refractivity contribution in [1.29, 1.82) is 0 Å². The molecule has 0 spiro atoms. The summed E-state index contributed by atoms with van der Waals surface area (Å²) in [4.78, 5) is 13.8. The van der Waals surface area contributed by atoms with Crippen LogP contribution in [0.1, 0.15) is 23.7 Å². The van der Waals surface area contributed by atoms with Crippen molar-refractivity contribution in [3.63, 3.8) is 0 Å². The Kier molecular flexibility index (Phi) is 6.56. The first-order chi connectivity index (χ1) is 9.08. The van der Waals surface area contributed by atoms with Gasteiger partial charge in [-0.25, -0.2) is 0 Å². The van der Waals surface area contributed by atoms with Crippen molar-refractivity contribution in [2.45, 2.75) is 20.0 Å². The largest absolute Gasteiger partial charge is 0.435 e. The minimum Gasteiger partial charge on any atom is -0.435 e. The molecule has 0 N–H and O–H groups in total. The van der Waals surface area contributed by atoms with Crippen LogP contribution in [-0.4, -0.2) is 36.4 Å². The number of benzene rings is 1. The average molecular weight is 292 g/mol. The van der Waals surface area contributed by atoms with Crippen LogP contribution < -0.4 is 4.74 Å². The third-order valence-electron chi connectivity index (χ3n) is 2.46. The number of carbonyl (C=O) groups excluding carboxylic acids is 1. The molecular weight excluding hydrogens is 276 g/mol. The molecule has 0 saturated carbocycles. The van der Waals surface area contributed by atoms with Gasteiger partial charge in [-0.3, -0.25) is 4.79 Å². The number of carbonyl (C=O) groups is 1. The zero-order chi connectivity index (χ0) is 14.3. The fourth-order valence-electron chi connectivity index (χ4n) is 1.65. The lowest BCUT2D eigenvalue weighted by molar-refractivity contribution is -0.0498. The van der Waals surface area contributed by atoms with Crippen LogP contribution in [0, 0.1) is 0 Å². The highest BCUT2D eigenvalue weighted by Crippen LogP contribution is 2.16. The summed E-state index contributed by atoms with van der Waals surface area (Å²) in [6.07, 6.45) is 0.829. The van der Waals surface area contributed by atoms with Gasteiger partial charge in [0, 0.05) is 24.5 Å². The van der Waals surface area contributed by atoms with E-state index in [0.29, 0.717) is 24.5 Å². The highest BCUT2D eigenvalue weighted by atomic mass is 35.5. The van der Waals surface area contributed by atoms with E-state index in [9.17, 15) is 13.6 Å². The topological polar surface area (TPSA) is 29.5 Å². The van der Waals surface area contributed by atoms with Crippen LogP contribution in [0.2, 0.25) is 0 Å². The van der Waals surface area contributed by atoms with Crippen molar-refractivity contribution in [3.05, 3.63) is 29.8 Å². The predicted octanol–water partition coefficient (Wildman–Crippen LogP) is 3.38. The Morgan fingerprint density at radius 3 is 2.42 bits per heavy atom. The van der Waals surface area contributed by atoms with Crippen molar-refractivity contribution in [2.24, 2.45) is 0 Å². The summed E-state index contributed by atoms with van der Waals surface area (Å²) >= 11 is 5.65. The molecule has 0 aromatic heterocycles. The third kappa shape index (κ3) is 5.03. The molecule has 1 aromatic rings. The first kappa shape index (κ1) is 15.7. The van der Waals surface area contributed by atoms with Crippen LogP contribution in [0.3, 0.4) is 0 Å². The molecule has 0 unspecified atom stereocenters. The lowest BCUT2D eigenvalue weighted by atomic mass is 10.2. The Morgan fingerprint density at radius 2 is 1.95 bits per heavy atom. The van der Waals surface area contributed by atoms with Gasteiger partial charge in [-0.15, -0.1) is 11.6 Å². The Labute approximate surface area is 116 Å². The Hall–Kier alpha value is -1.36. The van der Waals surface area contributed by atoms with Crippen molar-refractivity contribution in [3.8, 4) is 5.75 Å². The summed E-state index contributed by atoms with van der Waals surface area (Å²) in [6.45, 7) is 0.174. The second kappa shape index (κ2) is 7.94. The zero-order valence-corrected chi connectivity index (χ0v) is 11.4. The van der Waals surface area contributed by atoms with E-state index in [2.05, 4.69) is 4.74 Å². The molecule has 0 aliphatic carbocycles. The van der Waals surface area contributed by atoms with Crippen molar-refractivity contribution in [1.82, 2.24) is 4.90 Å². The van der Waals surface area contributed by atoms with E-state index in [4.69, 9.17) is 11.6 Å². The summed E-state index contributed by atoms with van der Waals surface area (Å²) in [5, 5.41) is 0. The van der Waals surface area contributed by atoms with E-state index in [-0.39, 0.29) is 11.7 Å². The average Bonchev–Trinajstić information content (AvgIpc) is 2.38. The smallest absolute Gasteiger partial charge is 0.387 e. The van der Waals surface area contributed by atoms with Gasteiger partial charge in [0.2, 0.25) is 0 Å². The van der Waals surface area contributed by atoms with E-state index in [0.717, 1.165) is 6.42 Å². The summed E-state index contributed by atoms with van der Waals surface area (Å²) in [7, 11) is 0. The Balaban J connectivity index is 2.75. The molecule has 1 aromatic carbocycles. The van der Waals surface area contributed by atoms with Gasteiger partial charge >= 0.3 is 6.61 Å². The van der Waals surface area contributed by atoms with Gasteiger partial charge in [-0.1, -0.05) is 6.92 Å². The molecule has 0 aliphatic rings. The molecule has 0 radical (unpaired) electrons. The highest BCUT2D eigenvalue weighted by molar-refractivity contribution is 6.18. The van der Waals surface area contributed by atoms with Crippen LogP contribution in [-0.2, 0) is 0 Å². The second-order valence-corrected chi connectivity index (χ2v) is 4.26. The third-order valence-corrected chi connectivity index (χ3v) is 2.63. The normalized spacial score (nSPS) is 10.6. The lowest BCUT2D eigenvalue weighted by Crippen LogP contribution is -2.33. The van der Waals surface area contributed by atoms with Gasteiger partial charge < -0.3 is 9.64 Å². The first-order valence-corrected chi connectivity index (χ1v) is 6.52. The molecule has 19 heavy (non-hydrogen) atoms. The van der Waals surface area contributed by atoms with Gasteiger partial charge in [0.05, 0.1) is 0 Å². The molecule has 0 aliphatic heterocycles. The highest BCUT2D eigenvalue weighted by Gasteiger charge is 2.14. The van der Waals surface area contributed by atoms with Crippen LogP contribution in [0.15, 0.2) is 24.3 Å². The van der Waals surface area contributed by atoms with E-state index in [1.165, 1.54) is 24.3 Å². The van der Waals surface area contributed by atoms with Gasteiger partial charge in [-0.2, -0.15) is 8.78 Å². The molecule has 0 fully saturated rings. The summed E-state index contributed by atoms with van der Waals surface area (Å²) < 4.78 is 28.2. The predicted molar refractivity (Wildman–Crippen MR) is 70.0 cm³/mol. The summed E-state index contributed by atoms with van der Waals surface area (Å²) in [5.74, 6) is 0.232. The second-order valence-electron chi connectivity index (χ2n) is 3.88. The van der Waals surface area contributed by atoms with Gasteiger partial charge in [-0.05, 0) is 30.7 Å². The number of hydrogen-bond donors (Lipinski definition) is 0.